The molecule has 0 aliphatic carbocycles. The predicted molar refractivity (Wildman–Crippen MR) is 81.9 cm³/mol. The van der Waals surface area contributed by atoms with Crippen molar-refractivity contribution in [2.75, 3.05) is 6.26 Å². The maximum Gasteiger partial charge on any atom is 0.253 e. The minimum Gasteiger partial charge on any atom is -0.345 e. The van der Waals surface area contributed by atoms with E-state index in [2.05, 4.69) is 5.32 Å². The molecule has 0 aliphatic rings. The third-order valence-electron chi connectivity index (χ3n) is 3.18. The van der Waals surface area contributed by atoms with Gasteiger partial charge in [0.25, 0.3) is 5.91 Å². The Kier molecular flexibility index (Phi) is 4.43. The summed E-state index contributed by atoms with van der Waals surface area (Å²) >= 11 is 0. The van der Waals surface area contributed by atoms with Crippen LogP contribution in [0.15, 0.2) is 59.5 Å². The molecule has 21 heavy (non-hydrogen) atoms. The summed E-state index contributed by atoms with van der Waals surface area (Å²) in [6, 6.07) is 15.5. The van der Waals surface area contributed by atoms with E-state index in [4.69, 9.17) is 0 Å². The highest BCUT2D eigenvalue weighted by molar-refractivity contribution is 7.90. The molecular formula is C16H17NO3S. The normalized spacial score (nSPS) is 12.7. The van der Waals surface area contributed by atoms with E-state index in [1.54, 1.807) is 12.1 Å². The second-order valence-electron chi connectivity index (χ2n) is 4.87. The fourth-order valence-corrected chi connectivity index (χ4v) is 2.96. The summed E-state index contributed by atoms with van der Waals surface area (Å²) in [5.74, 6) is -0.396. The van der Waals surface area contributed by atoms with Crippen LogP contribution in [0.25, 0.3) is 0 Å². The molecule has 2 rings (SSSR count). The summed E-state index contributed by atoms with van der Waals surface area (Å²) in [5.41, 5.74) is 1.13. The summed E-state index contributed by atoms with van der Waals surface area (Å²) in [7, 11) is -3.44. The first-order chi connectivity index (χ1) is 9.89. The first kappa shape index (κ1) is 15.3. The topological polar surface area (TPSA) is 63.2 Å². The molecule has 0 heterocycles. The average Bonchev–Trinajstić information content (AvgIpc) is 2.47. The van der Waals surface area contributed by atoms with Crippen LogP contribution in [-0.4, -0.2) is 20.6 Å². The van der Waals surface area contributed by atoms with Gasteiger partial charge < -0.3 is 5.32 Å². The van der Waals surface area contributed by atoms with E-state index in [0.29, 0.717) is 0 Å². The first-order valence-corrected chi connectivity index (χ1v) is 8.43. The van der Waals surface area contributed by atoms with Crippen LogP contribution >= 0.6 is 0 Å². The van der Waals surface area contributed by atoms with Crippen LogP contribution in [0.5, 0.6) is 0 Å². The second kappa shape index (κ2) is 6.10. The Bertz CT molecular complexity index is 739. The van der Waals surface area contributed by atoms with Gasteiger partial charge >= 0.3 is 0 Å². The van der Waals surface area contributed by atoms with Crippen molar-refractivity contribution < 1.29 is 13.2 Å². The van der Waals surface area contributed by atoms with E-state index in [-0.39, 0.29) is 16.5 Å². The lowest BCUT2D eigenvalue weighted by Crippen LogP contribution is -2.28. The molecule has 4 nitrogen and oxygen atoms in total. The second-order valence-corrected chi connectivity index (χ2v) is 6.86. The minimum absolute atomic E-state index is 0.0442. The van der Waals surface area contributed by atoms with Crippen molar-refractivity contribution in [3.63, 3.8) is 0 Å². The van der Waals surface area contributed by atoms with Gasteiger partial charge in [-0.3, -0.25) is 4.79 Å². The smallest absolute Gasteiger partial charge is 0.253 e. The quantitative estimate of drug-likeness (QED) is 0.944. The molecule has 0 fully saturated rings. The highest BCUT2D eigenvalue weighted by Crippen LogP contribution is 2.17. The Morgan fingerprint density at radius 3 is 2.19 bits per heavy atom. The van der Waals surface area contributed by atoms with Gasteiger partial charge in [0.15, 0.2) is 9.84 Å². The zero-order valence-electron chi connectivity index (χ0n) is 11.9. The zero-order chi connectivity index (χ0) is 15.5. The molecule has 1 atom stereocenters. The lowest BCUT2D eigenvalue weighted by Gasteiger charge is -2.15. The van der Waals surface area contributed by atoms with E-state index < -0.39 is 15.7 Å². The SMILES string of the molecule is C[C@H](NC(=O)c1ccccc1S(C)(=O)=O)c1ccccc1. The molecule has 0 saturated heterocycles. The molecule has 1 amide bonds. The molecule has 0 radical (unpaired) electrons. The van der Waals surface area contributed by atoms with Gasteiger partial charge in [0, 0.05) is 6.26 Å². The van der Waals surface area contributed by atoms with Crippen LogP contribution < -0.4 is 5.32 Å². The average molecular weight is 303 g/mol. The standard InChI is InChI=1S/C16H17NO3S/c1-12(13-8-4-3-5-9-13)17-16(18)14-10-6-7-11-15(14)21(2,19)20/h3-12H,1-2H3,(H,17,18)/t12-/m0/s1. The molecule has 0 unspecified atom stereocenters. The van der Waals surface area contributed by atoms with Crippen molar-refractivity contribution >= 4 is 15.7 Å². The Balaban J connectivity index is 2.26. The van der Waals surface area contributed by atoms with Crippen molar-refractivity contribution in [3.8, 4) is 0 Å². The molecule has 0 spiro atoms. The number of hydrogen-bond acceptors (Lipinski definition) is 3. The minimum atomic E-state index is -3.44. The number of amides is 1. The molecule has 0 aliphatic heterocycles. The molecule has 1 N–H and O–H groups in total. The van der Waals surface area contributed by atoms with Crippen molar-refractivity contribution in [1.82, 2.24) is 5.32 Å². The van der Waals surface area contributed by atoms with Crippen LogP contribution in [-0.2, 0) is 9.84 Å². The Morgan fingerprint density at radius 1 is 1.00 bits per heavy atom. The summed E-state index contributed by atoms with van der Waals surface area (Å²) < 4.78 is 23.5. The number of sulfone groups is 1. The van der Waals surface area contributed by atoms with Gasteiger partial charge in [-0.05, 0) is 24.6 Å². The Labute approximate surface area is 124 Å². The molecular weight excluding hydrogens is 286 g/mol. The molecule has 2 aromatic rings. The van der Waals surface area contributed by atoms with Gasteiger partial charge in [-0.1, -0.05) is 42.5 Å². The monoisotopic (exact) mass is 303 g/mol. The number of benzene rings is 2. The van der Waals surface area contributed by atoms with Crippen LogP contribution in [0.2, 0.25) is 0 Å². The van der Waals surface area contributed by atoms with Crippen LogP contribution in [0.3, 0.4) is 0 Å². The number of hydrogen-bond donors (Lipinski definition) is 1. The van der Waals surface area contributed by atoms with E-state index in [9.17, 15) is 13.2 Å². The van der Waals surface area contributed by atoms with Crippen molar-refractivity contribution in [2.24, 2.45) is 0 Å². The summed E-state index contributed by atoms with van der Waals surface area (Å²) in [6.45, 7) is 1.86. The van der Waals surface area contributed by atoms with Crippen molar-refractivity contribution in [1.29, 1.82) is 0 Å². The van der Waals surface area contributed by atoms with Crippen LogP contribution in [0.1, 0.15) is 28.9 Å². The zero-order valence-corrected chi connectivity index (χ0v) is 12.7. The number of carbonyl (C=O) groups excluding carboxylic acids is 1. The van der Waals surface area contributed by atoms with Crippen LogP contribution in [0.4, 0.5) is 0 Å². The Morgan fingerprint density at radius 2 is 1.57 bits per heavy atom. The van der Waals surface area contributed by atoms with Gasteiger partial charge in [-0.15, -0.1) is 0 Å². The predicted octanol–water partition coefficient (Wildman–Crippen LogP) is 2.58. The fourth-order valence-electron chi connectivity index (χ4n) is 2.08. The third kappa shape index (κ3) is 3.70. The maximum absolute atomic E-state index is 12.3. The van der Waals surface area contributed by atoms with E-state index in [1.165, 1.54) is 12.1 Å². The van der Waals surface area contributed by atoms with Gasteiger partial charge in [-0.25, -0.2) is 8.42 Å². The van der Waals surface area contributed by atoms with Crippen LogP contribution in [0, 0.1) is 0 Å². The molecule has 0 aromatic heterocycles. The fraction of sp³-hybridized carbons (Fsp3) is 0.188. The third-order valence-corrected chi connectivity index (χ3v) is 4.33. The lowest BCUT2D eigenvalue weighted by atomic mass is 10.1. The van der Waals surface area contributed by atoms with E-state index >= 15 is 0 Å². The molecule has 110 valence electrons. The largest absolute Gasteiger partial charge is 0.345 e. The maximum atomic E-state index is 12.3. The molecule has 2 aromatic carbocycles. The summed E-state index contributed by atoms with van der Waals surface area (Å²) in [5, 5.41) is 2.82. The van der Waals surface area contributed by atoms with Crippen molar-refractivity contribution in [2.45, 2.75) is 17.9 Å². The lowest BCUT2D eigenvalue weighted by molar-refractivity contribution is 0.0936. The van der Waals surface area contributed by atoms with E-state index in [0.717, 1.165) is 11.8 Å². The molecule has 5 heteroatoms. The van der Waals surface area contributed by atoms with Crippen molar-refractivity contribution in [3.05, 3.63) is 65.7 Å². The van der Waals surface area contributed by atoms with Gasteiger partial charge in [0.05, 0.1) is 16.5 Å². The van der Waals surface area contributed by atoms with Gasteiger partial charge in [0.2, 0.25) is 0 Å². The highest BCUT2D eigenvalue weighted by atomic mass is 32.2. The van der Waals surface area contributed by atoms with E-state index in [1.807, 2.05) is 37.3 Å². The number of carbonyl (C=O) groups is 1. The molecule has 0 saturated carbocycles. The number of rotatable bonds is 4. The highest BCUT2D eigenvalue weighted by Gasteiger charge is 2.19. The summed E-state index contributed by atoms with van der Waals surface area (Å²) in [6.07, 6.45) is 1.10. The van der Waals surface area contributed by atoms with Gasteiger partial charge in [-0.2, -0.15) is 0 Å². The Hall–Kier alpha value is -2.14. The van der Waals surface area contributed by atoms with Gasteiger partial charge in [0.1, 0.15) is 0 Å². The first-order valence-electron chi connectivity index (χ1n) is 6.54. The number of nitrogens with one attached hydrogen (secondary N) is 1. The molecule has 0 bridgehead atoms. The summed E-state index contributed by atoms with van der Waals surface area (Å²) in [4.78, 5) is 12.4.